The molecule has 202 valence electrons. The molecule has 2 aliphatic heterocycles. The first-order chi connectivity index (χ1) is 19.6. The Kier molecular flexibility index (Phi) is 4.75. The Morgan fingerprint density at radius 3 is 2.56 bits per heavy atom. The lowest BCUT2D eigenvalue weighted by molar-refractivity contribution is -0.0500. The molecule has 0 radical (unpaired) electrons. The molecule has 2 bridgehead atoms. The van der Waals surface area contributed by atoms with Crippen LogP contribution in [0, 0.1) is 0 Å². The predicted octanol–water partition coefficient (Wildman–Crippen LogP) is 3.89. The molecule has 4 heterocycles. The zero-order chi connectivity index (χ0) is 30.4. The van der Waals surface area contributed by atoms with Gasteiger partial charge >= 0.3 is 15.6 Å². The van der Waals surface area contributed by atoms with Crippen molar-refractivity contribution in [2.45, 2.75) is 37.0 Å². The average molecular weight is 563 g/mol. The van der Waals surface area contributed by atoms with E-state index >= 15 is 0 Å². The van der Waals surface area contributed by atoms with Gasteiger partial charge in [-0.25, -0.2) is 15.0 Å². The molecule has 0 saturated heterocycles. The van der Waals surface area contributed by atoms with Crippen LogP contribution in [0.2, 0.25) is 0 Å². The Morgan fingerprint density at radius 1 is 1.15 bits per heavy atom. The summed E-state index contributed by atoms with van der Waals surface area (Å²) in [4.78, 5) is 27.1. The number of benzene rings is 2. The number of amides is 1. The van der Waals surface area contributed by atoms with E-state index in [9.17, 15) is 31.5 Å². The number of aliphatic hydroxyl groups excluding tert-OH is 1. The highest BCUT2D eigenvalue weighted by molar-refractivity contribution is 7.88. The van der Waals surface area contributed by atoms with Crippen molar-refractivity contribution < 1.29 is 39.8 Å². The van der Waals surface area contributed by atoms with Gasteiger partial charge in [-0.15, -0.1) is 0 Å². The summed E-state index contributed by atoms with van der Waals surface area (Å²) < 4.78 is 94.2. The average Bonchev–Trinajstić information content (AvgIpc) is 3.40. The Balaban J connectivity index is 1.58. The van der Waals surface area contributed by atoms with Gasteiger partial charge in [0.15, 0.2) is 5.82 Å². The maximum atomic E-state index is 13.6. The topological polar surface area (TPSA) is 128 Å². The number of imidazole rings is 1. The molecule has 2 aromatic heterocycles. The molecule has 10 nitrogen and oxygen atoms in total. The number of fused-ring (bicyclic) bond motifs is 9. The Morgan fingerprint density at radius 2 is 1.90 bits per heavy atom. The minimum absolute atomic E-state index is 0.113. The molecule has 3 atom stereocenters. The fourth-order valence-electron chi connectivity index (χ4n) is 5.03. The van der Waals surface area contributed by atoms with Crippen LogP contribution in [0.25, 0.3) is 22.2 Å². The van der Waals surface area contributed by atoms with Crippen LogP contribution in [0.3, 0.4) is 0 Å². The molecular formula is C25H20F3N5O5S. The highest BCUT2D eigenvalue weighted by atomic mass is 32.2. The minimum atomic E-state index is -6.13. The third-order valence-electron chi connectivity index (χ3n) is 6.80. The van der Waals surface area contributed by atoms with Crippen LogP contribution in [0.1, 0.15) is 63.2 Å². The zero-order valence-corrected chi connectivity index (χ0v) is 20.7. The fourth-order valence-corrected chi connectivity index (χ4v) is 5.51. The minimum Gasteiger partial charge on any atom is -0.385 e. The zero-order valence-electron chi connectivity index (χ0n) is 22.9. The van der Waals surface area contributed by atoms with E-state index in [0.29, 0.717) is 27.1 Å². The largest absolute Gasteiger partial charge is 0.534 e. The second-order valence-corrected chi connectivity index (χ2v) is 10.7. The van der Waals surface area contributed by atoms with Gasteiger partial charge in [0, 0.05) is 46.6 Å². The quantitative estimate of drug-likeness (QED) is 0.293. The van der Waals surface area contributed by atoms with Crippen molar-refractivity contribution in [3.63, 3.8) is 0 Å². The predicted molar refractivity (Wildman–Crippen MR) is 131 cm³/mol. The summed E-state index contributed by atoms with van der Waals surface area (Å²) >= 11 is 0. The third kappa shape index (κ3) is 3.85. The molecule has 14 heteroatoms. The van der Waals surface area contributed by atoms with E-state index in [4.69, 9.17) is 4.11 Å². The molecule has 0 saturated carbocycles. The van der Waals surface area contributed by atoms with Crippen LogP contribution in [-0.2, 0) is 10.1 Å². The molecule has 0 fully saturated rings. The smallest absolute Gasteiger partial charge is 0.385 e. The molecule has 1 unspecified atom stereocenters. The molecule has 2 aliphatic rings. The lowest BCUT2D eigenvalue weighted by atomic mass is 9.97. The van der Waals surface area contributed by atoms with Crippen LogP contribution < -0.4 is 4.18 Å². The van der Waals surface area contributed by atoms with E-state index in [1.165, 1.54) is 25.4 Å². The van der Waals surface area contributed by atoms with Crippen molar-refractivity contribution in [2.75, 3.05) is 6.98 Å². The van der Waals surface area contributed by atoms with Gasteiger partial charge in [0.1, 0.15) is 17.7 Å². The van der Waals surface area contributed by atoms with Crippen molar-refractivity contribution in [2.24, 2.45) is 0 Å². The van der Waals surface area contributed by atoms with Crippen LogP contribution >= 0.6 is 0 Å². The summed E-state index contributed by atoms with van der Waals surface area (Å²) in [7, 11) is -6.13. The van der Waals surface area contributed by atoms with E-state index in [1.54, 1.807) is 22.8 Å². The molecule has 0 spiro atoms. The second kappa shape index (κ2) is 8.48. The van der Waals surface area contributed by atoms with Crippen molar-refractivity contribution in [1.82, 2.24) is 24.4 Å². The van der Waals surface area contributed by atoms with Gasteiger partial charge in [0.2, 0.25) is 0 Å². The van der Waals surface area contributed by atoms with Crippen LogP contribution in [-0.4, -0.2) is 56.3 Å². The monoisotopic (exact) mass is 562 g/mol. The van der Waals surface area contributed by atoms with Crippen molar-refractivity contribution >= 4 is 27.1 Å². The first kappa shape index (κ1) is 21.8. The van der Waals surface area contributed by atoms with Crippen LogP contribution in [0.5, 0.6) is 5.75 Å². The number of alkyl halides is 3. The molecular weight excluding hydrogens is 539 g/mol. The molecule has 4 aromatic rings. The number of aromatic nitrogens is 4. The lowest BCUT2D eigenvalue weighted by Gasteiger charge is -2.24. The SMILES string of the molecule is [2H]C([2H])([2H])N1C(=O)c2cccc(OS(=O)(=O)C(F)(F)F)c2[C@H]2C[C@@H]1c1nc3ccc(-c4cnc(C(C)O)nc4)cc3n12. The lowest BCUT2D eigenvalue weighted by Crippen LogP contribution is -2.31. The van der Waals surface area contributed by atoms with E-state index in [-0.39, 0.29) is 29.2 Å². The Labute approximate surface area is 224 Å². The summed E-state index contributed by atoms with van der Waals surface area (Å²) in [6, 6.07) is 6.25. The number of carbonyl (C=O) groups excluding carboxylic acids is 1. The maximum Gasteiger partial charge on any atom is 0.534 e. The highest BCUT2D eigenvalue weighted by Gasteiger charge is 2.50. The molecule has 39 heavy (non-hydrogen) atoms. The standard InChI is InChI=1S/C25H20F3N5O5S/c1-12(34)22-29-10-14(11-30-22)13-6-7-16-17(8-13)33-18-9-19(23(33)31-16)32(2)24(35)15-4-3-5-20(21(15)18)38-39(36,37)25(26,27)28/h3-8,10-12,18-19,34H,9H2,1-2H3/t12?,18-,19-/m1/s1/i2D3. The number of nitrogens with zero attached hydrogens (tertiary/aromatic N) is 5. The first-order valence-corrected chi connectivity index (χ1v) is 13.0. The number of rotatable bonds is 4. The summed E-state index contributed by atoms with van der Waals surface area (Å²) in [5.74, 6) is -1.40. The number of hydrogen-bond donors (Lipinski definition) is 1. The Bertz CT molecular complexity index is 1860. The molecule has 1 N–H and O–H groups in total. The maximum absolute atomic E-state index is 13.6. The van der Waals surface area contributed by atoms with Crippen LogP contribution in [0.4, 0.5) is 13.2 Å². The highest BCUT2D eigenvalue weighted by Crippen LogP contribution is 2.50. The number of aliphatic hydroxyl groups is 1. The van der Waals surface area contributed by atoms with Gasteiger partial charge in [0.05, 0.1) is 23.1 Å². The van der Waals surface area contributed by atoms with Gasteiger partial charge in [-0.3, -0.25) is 4.79 Å². The molecule has 0 aliphatic carbocycles. The summed E-state index contributed by atoms with van der Waals surface area (Å²) in [6.45, 7) is -1.45. The van der Waals surface area contributed by atoms with Gasteiger partial charge in [-0.1, -0.05) is 12.1 Å². The fraction of sp³-hybridized carbons (Fsp3) is 0.280. The van der Waals surface area contributed by atoms with Crippen molar-refractivity contribution in [1.29, 1.82) is 0 Å². The molecule has 1 amide bonds. The Hall–Kier alpha value is -4.04. The summed E-state index contributed by atoms with van der Waals surface area (Å²) in [6.07, 6.45) is 2.00. The van der Waals surface area contributed by atoms with Gasteiger partial charge in [-0.2, -0.15) is 21.6 Å². The number of hydrogen-bond acceptors (Lipinski definition) is 8. The van der Waals surface area contributed by atoms with Crippen molar-refractivity contribution in [3.05, 3.63) is 71.6 Å². The van der Waals surface area contributed by atoms with Gasteiger partial charge < -0.3 is 18.8 Å². The van der Waals surface area contributed by atoms with E-state index in [2.05, 4.69) is 19.1 Å². The third-order valence-corrected chi connectivity index (χ3v) is 7.76. The number of carbonyl (C=O) groups is 1. The normalized spacial score (nSPS) is 21.0. The molecule has 2 aromatic carbocycles. The van der Waals surface area contributed by atoms with Gasteiger partial charge in [0.25, 0.3) is 5.91 Å². The van der Waals surface area contributed by atoms with E-state index in [1.807, 2.05) is 0 Å². The number of halogens is 3. The first-order valence-electron chi connectivity index (χ1n) is 13.1. The van der Waals surface area contributed by atoms with E-state index in [0.717, 1.165) is 12.1 Å². The van der Waals surface area contributed by atoms with E-state index < -0.39 is 52.4 Å². The van der Waals surface area contributed by atoms with Gasteiger partial charge in [-0.05, 0) is 36.8 Å². The molecule has 6 rings (SSSR count). The second-order valence-electron chi connectivity index (χ2n) is 9.19. The van der Waals surface area contributed by atoms with Crippen LogP contribution in [0.15, 0.2) is 48.8 Å². The summed E-state index contributed by atoms with van der Waals surface area (Å²) in [5.41, 5.74) is -4.26. The van der Waals surface area contributed by atoms with Crippen molar-refractivity contribution in [3.8, 4) is 16.9 Å². The summed E-state index contributed by atoms with van der Waals surface area (Å²) in [5, 5.41) is 9.71.